The van der Waals surface area contributed by atoms with Crippen molar-refractivity contribution >= 4 is 11.8 Å². The molecule has 0 atom stereocenters. The van der Waals surface area contributed by atoms with Gasteiger partial charge >= 0.3 is 0 Å². The van der Waals surface area contributed by atoms with E-state index in [-0.39, 0.29) is 11.8 Å². The van der Waals surface area contributed by atoms with Gasteiger partial charge in [-0.15, -0.1) is 0 Å². The van der Waals surface area contributed by atoms with E-state index in [2.05, 4.69) is 19.2 Å². The topological polar surface area (TPSA) is 58.6 Å². The summed E-state index contributed by atoms with van der Waals surface area (Å²) in [4.78, 5) is 26.2. The molecular weight excluding hydrogens is 352 g/mol. The molecule has 2 rings (SSSR count). The number of nitrogens with zero attached hydrogens (tertiary/aromatic N) is 1. The molecule has 156 valence electrons. The summed E-state index contributed by atoms with van der Waals surface area (Å²) in [6.45, 7) is 6.28. The lowest BCUT2D eigenvalue weighted by Gasteiger charge is -2.21. The van der Waals surface area contributed by atoms with Gasteiger partial charge in [-0.25, -0.2) is 0 Å². The van der Waals surface area contributed by atoms with Crippen molar-refractivity contribution in [1.82, 2.24) is 10.2 Å². The molecule has 0 saturated heterocycles. The first-order chi connectivity index (χ1) is 13.6. The zero-order valence-corrected chi connectivity index (χ0v) is 17.5. The predicted octanol–water partition coefficient (Wildman–Crippen LogP) is 4.44. The van der Waals surface area contributed by atoms with E-state index in [1.807, 2.05) is 29.2 Å². The van der Waals surface area contributed by atoms with E-state index < -0.39 is 0 Å². The second-order valence-corrected chi connectivity index (χ2v) is 7.68. The van der Waals surface area contributed by atoms with E-state index in [0.717, 1.165) is 50.1 Å². The highest BCUT2D eigenvalue weighted by Crippen LogP contribution is 2.24. The van der Waals surface area contributed by atoms with Crippen molar-refractivity contribution in [2.75, 3.05) is 13.1 Å². The molecule has 1 N–H and O–H groups in total. The van der Waals surface area contributed by atoms with Gasteiger partial charge in [-0.05, 0) is 62.6 Å². The van der Waals surface area contributed by atoms with Gasteiger partial charge < -0.3 is 15.0 Å². The molecule has 0 bridgehead atoms. The minimum Gasteiger partial charge on any atom is -0.490 e. The second kappa shape index (κ2) is 12.4. The molecule has 0 heterocycles. The van der Waals surface area contributed by atoms with E-state index in [4.69, 9.17) is 4.74 Å². The molecule has 28 heavy (non-hydrogen) atoms. The van der Waals surface area contributed by atoms with Crippen LogP contribution in [0.15, 0.2) is 24.3 Å². The zero-order valence-electron chi connectivity index (χ0n) is 17.5. The Bertz CT molecular complexity index is 588. The van der Waals surface area contributed by atoms with Crippen LogP contribution in [0.25, 0.3) is 0 Å². The first-order valence-corrected chi connectivity index (χ1v) is 10.9. The maximum atomic E-state index is 12.2. The fourth-order valence-corrected chi connectivity index (χ4v) is 3.63. The molecule has 2 amide bonds. The summed E-state index contributed by atoms with van der Waals surface area (Å²) in [5.74, 6) is 1.06. The second-order valence-electron chi connectivity index (χ2n) is 7.68. The van der Waals surface area contributed by atoms with Gasteiger partial charge in [0.25, 0.3) is 0 Å². The predicted molar refractivity (Wildman–Crippen MR) is 112 cm³/mol. The Labute approximate surface area is 169 Å². The average molecular weight is 389 g/mol. The number of ether oxygens (including phenoxy) is 1. The molecule has 1 aromatic carbocycles. The maximum Gasteiger partial charge on any atom is 0.222 e. The molecule has 1 aliphatic rings. The van der Waals surface area contributed by atoms with Crippen molar-refractivity contribution in [3.8, 4) is 5.75 Å². The Morgan fingerprint density at radius 1 is 1.04 bits per heavy atom. The van der Waals surface area contributed by atoms with Crippen LogP contribution in [0.1, 0.15) is 77.2 Å². The number of hydrogen-bond donors (Lipinski definition) is 1. The molecule has 0 spiro atoms. The van der Waals surface area contributed by atoms with Crippen LogP contribution < -0.4 is 10.1 Å². The number of rotatable bonds is 12. The highest BCUT2D eigenvalue weighted by molar-refractivity contribution is 5.79. The number of amides is 2. The largest absolute Gasteiger partial charge is 0.490 e. The SMILES string of the molecule is CCCN(CCC)C(=O)CCCC(=O)NCc1ccc(OC2CCCC2)cc1. The first kappa shape index (κ1) is 22.3. The quantitative estimate of drug-likeness (QED) is 0.576. The molecule has 0 aromatic heterocycles. The summed E-state index contributed by atoms with van der Waals surface area (Å²) in [7, 11) is 0. The van der Waals surface area contributed by atoms with Gasteiger partial charge in [0, 0.05) is 32.5 Å². The summed E-state index contributed by atoms with van der Waals surface area (Å²) in [6.07, 6.45) is 8.55. The van der Waals surface area contributed by atoms with Crippen molar-refractivity contribution in [1.29, 1.82) is 0 Å². The van der Waals surface area contributed by atoms with Crippen LogP contribution in [0.5, 0.6) is 5.75 Å². The van der Waals surface area contributed by atoms with Crippen LogP contribution in [0.4, 0.5) is 0 Å². The highest BCUT2D eigenvalue weighted by Gasteiger charge is 2.16. The van der Waals surface area contributed by atoms with Crippen molar-refractivity contribution in [3.63, 3.8) is 0 Å². The van der Waals surface area contributed by atoms with Crippen molar-refractivity contribution < 1.29 is 14.3 Å². The van der Waals surface area contributed by atoms with Gasteiger partial charge in [0.1, 0.15) is 5.75 Å². The fourth-order valence-electron chi connectivity index (χ4n) is 3.63. The number of carbonyl (C=O) groups excluding carboxylic acids is 2. The standard InChI is InChI=1S/C23H36N2O3/c1-3-16-25(17-4-2)23(27)11-7-10-22(26)24-18-19-12-14-21(15-13-19)28-20-8-5-6-9-20/h12-15,20H,3-11,16-18H2,1-2H3,(H,24,26). The molecule has 1 aromatic rings. The van der Waals surface area contributed by atoms with Crippen LogP contribution in [-0.2, 0) is 16.1 Å². The van der Waals surface area contributed by atoms with Crippen LogP contribution in [0.2, 0.25) is 0 Å². The van der Waals surface area contributed by atoms with E-state index in [1.54, 1.807) is 0 Å². The minimum absolute atomic E-state index is 0.00313. The number of nitrogens with one attached hydrogen (secondary N) is 1. The number of hydrogen-bond acceptors (Lipinski definition) is 3. The Morgan fingerprint density at radius 2 is 1.68 bits per heavy atom. The first-order valence-electron chi connectivity index (χ1n) is 10.9. The van der Waals surface area contributed by atoms with E-state index in [0.29, 0.717) is 31.9 Å². The van der Waals surface area contributed by atoms with Gasteiger partial charge in [0.05, 0.1) is 6.10 Å². The summed E-state index contributed by atoms with van der Waals surface area (Å²) >= 11 is 0. The third kappa shape index (κ3) is 7.91. The van der Waals surface area contributed by atoms with Crippen LogP contribution >= 0.6 is 0 Å². The van der Waals surface area contributed by atoms with Crippen LogP contribution in [-0.4, -0.2) is 35.9 Å². The van der Waals surface area contributed by atoms with Crippen molar-refractivity contribution in [2.24, 2.45) is 0 Å². The third-order valence-electron chi connectivity index (χ3n) is 5.15. The molecule has 5 nitrogen and oxygen atoms in total. The Morgan fingerprint density at radius 3 is 2.29 bits per heavy atom. The van der Waals surface area contributed by atoms with Gasteiger partial charge in [0.15, 0.2) is 0 Å². The molecular formula is C23H36N2O3. The molecule has 0 aliphatic heterocycles. The van der Waals surface area contributed by atoms with Crippen molar-refractivity contribution in [2.45, 2.75) is 84.3 Å². The van der Waals surface area contributed by atoms with E-state index >= 15 is 0 Å². The maximum absolute atomic E-state index is 12.2. The minimum atomic E-state index is -0.00313. The normalized spacial score (nSPS) is 14.1. The zero-order chi connectivity index (χ0) is 20.2. The summed E-state index contributed by atoms with van der Waals surface area (Å²) in [5, 5.41) is 2.94. The molecule has 0 unspecified atom stereocenters. The third-order valence-corrected chi connectivity index (χ3v) is 5.15. The Balaban J connectivity index is 1.64. The smallest absolute Gasteiger partial charge is 0.222 e. The highest BCUT2D eigenvalue weighted by atomic mass is 16.5. The summed E-state index contributed by atoms with van der Waals surface area (Å²) < 4.78 is 5.96. The summed E-state index contributed by atoms with van der Waals surface area (Å²) in [6, 6.07) is 7.96. The van der Waals surface area contributed by atoms with Gasteiger partial charge in [-0.3, -0.25) is 9.59 Å². The lowest BCUT2D eigenvalue weighted by Crippen LogP contribution is -2.32. The Hall–Kier alpha value is -2.04. The van der Waals surface area contributed by atoms with Gasteiger partial charge in [-0.2, -0.15) is 0 Å². The lowest BCUT2D eigenvalue weighted by molar-refractivity contribution is -0.131. The number of carbonyl (C=O) groups is 2. The van der Waals surface area contributed by atoms with Gasteiger partial charge in [0.2, 0.25) is 11.8 Å². The number of benzene rings is 1. The lowest BCUT2D eigenvalue weighted by atomic mass is 10.2. The molecule has 1 fully saturated rings. The average Bonchev–Trinajstić information content (AvgIpc) is 3.20. The monoisotopic (exact) mass is 388 g/mol. The molecule has 5 heteroatoms. The van der Waals surface area contributed by atoms with E-state index in [1.165, 1.54) is 12.8 Å². The van der Waals surface area contributed by atoms with Crippen molar-refractivity contribution in [3.05, 3.63) is 29.8 Å². The van der Waals surface area contributed by atoms with E-state index in [9.17, 15) is 9.59 Å². The summed E-state index contributed by atoms with van der Waals surface area (Å²) in [5.41, 5.74) is 1.06. The van der Waals surface area contributed by atoms with Crippen LogP contribution in [0, 0.1) is 0 Å². The Kier molecular flexibility index (Phi) is 9.87. The fraction of sp³-hybridized carbons (Fsp3) is 0.652. The molecule has 1 aliphatic carbocycles. The molecule has 1 saturated carbocycles. The van der Waals surface area contributed by atoms with Gasteiger partial charge in [-0.1, -0.05) is 26.0 Å². The molecule has 0 radical (unpaired) electrons. The van der Waals surface area contributed by atoms with Crippen LogP contribution in [0.3, 0.4) is 0 Å².